The molecule has 0 N–H and O–H groups in total. The van der Waals surface area contributed by atoms with Gasteiger partial charge in [-0.1, -0.05) is 6.42 Å². The van der Waals surface area contributed by atoms with Gasteiger partial charge in [0.05, 0.1) is 12.2 Å². The smallest absolute Gasteiger partial charge is 0.178 e. The third kappa shape index (κ3) is 3.41. The summed E-state index contributed by atoms with van der Waals surface area (Å²) in [6.45, 7) is 5.98. The average Bonchev–Trinajstić information content (AvgIpc) is 2.82. The quantitative estimate of drug-likeness (QED) is 0.790. The molecule has 0 atom stereocenters. The summed E-state index contributed by atoms with van der Waals surface area (Å²) >= 11 is 0. The molecule has 0 radical (unpaired) electrons. The van der Waals surface area contributed by atoms with Crippen LogP contribution in [0.2, 0.25) is 0 Å². The van der Waals surface area contributed by atoms with Crippen LogP contribution < -0.4 is 0 Å². The Labute approximate surface area is 140 Å². The summed E-state index contributed by atoms with van der Waals surface area (Å²) in [4.78, 5) is 14.8. The number of aryl methyl sites for hydroxylation is 1. The van der Waals surface area contributed by atoms with E-state index in [0.29, 0.717) is 17.8 Å². The van der Waals surface area contributed by atoms with Gasteiger partial charge in [-0.25, -0.2) is 8.78 Å². The second kappa shape index (κ2) is 6.85. The Morgan fingerprint density at radius 1 is 1.00 bits per heavy atom. The molecule has 0 aliphatic carbocycles. The summed E-state index contributed by atoms with van der Waals surface area (Å²) in [6.07, 6.45) is 3.49. The van der Waals surface area contributed by atoms with Crippen LogP contribution in [0.1, 0.15) is 41.0 Å². The van der Waals surface area contributed by atoms with Crippen molar-refractivity contribution in [2.75, 3.05) is 19.6 Å². The van der Waals surface area contributed by atoms with E-state index in [4.69, 9.17) is 0 Å². The molecule has 1 aromatic carbocycles. The molecule has 2 aromatic rings. The Balaban J connectivity index is 1.89. The molecule has 3 nitrogen and oxygen atoms in total. The molecule has 1 fully saturated rings. The normalized spacial score (nSPS) is 15.7. The van der Waals surface area contributed by atoms with Gasteiger partial charge in [-0.2, -0.15) is 0 Å². The standard InChI is InChI=1S/C19H22F2N2O/c1-13-8-18(19(24)12-22-6-4-3-5-7-22)14(2)23(13)17-10-15(20)9-16(21)11-17/h8-11H,3-7,12H2,1-2H3. The number of carbonyl (C=O) groups excluding carboxylic acids is 1. The van der Waals surface area contributed by atoms with Crippen molar-refractivity contribution in [1.29, 1.82) is 0 Å². The van der Waals surface area contributed by atoms with Gasteiger partial charge in [0.25, 0.3) is 0 Å². The number of rotatable bonds is 4. The lowest BCUT2D eigenvalue weighted by molar-refractivity contribution is 0.0915. The summed E-state index contributed by atoms with van der Waals surface area (Å²) in [6, 6.07) is 5.22. The molecular formula is C19H22F2N2O. The van der Waals surface area contributed by atoms with Gasteiger partial charge < -0.3 is 4.57 Å². The van der Waals surface area contributed by atoms with Gasteiger partial charge in [0.1, 0.15) is 11.6 Å². The van der Waals surface area contributed by atoms with Gasteiger partial charge in [0.15, 0.2) is 5.78 Å². The third-order valence-corrected chi connectivity index (χ3v) is 4.65. The van der Waals surface area contributed by atoms with Crippen molar-refractivity contribution in [3.63, 3.8) is 0 Å². The van der Waals surface area contributed by atoms with Gasteiger partial charge in [0, 0.05) is 23.0 Å². The molecule has 0 bridgehead atoms. The third-order valence-electron chi connectivity index (χ3n) is 4.65. The van der Waals surface area contributed by atoms with Crippen molar-refractivity contribution in [3.05, 3.63) is 52.9 Å². The van der Waals surface area contributed by atoms with Crippen LogP contribution in [-0.4, -0.2) is 34.9 Å². The molecule has 1 saturated heterocycles. The molecular weight excluding hydrogens is 310 g/mol. The van der Waals surface area contributed by atoms with E-state index in [9.17, 15) is 13.6 Å². The van der Waals surface area contributed by atoms with Crippen molar-refractivity contribution < 1.29 is 13.6 Å². The lowest BCUT2D eigenvalue weighted by Gasteiger charge is -2.25. The van der Waals surface area contributed by atoms with E-state index in [2.05, 4.69) is 4.90 Å². The number of benzene rings is 1. The van der Waals surface area contributed by atoms with Crippen molar-refractivity contribution in [2.24, 2.45) is 0 Å². The molecule has 0 spiro atoms. The van der Waals surface area contributed by atoms with Gasteiger partial charge >= 0.3 is 0 Å². The highest BCUT2D eigenvalue weighted by atomic mass is 19.1. The number of piperidine rings is 1. The average molecular weight is 332 g/mol. The number of hydrogen-bond donors (Lipinski definition) is 0. The zero-order valence-corrected chi connectivity index (χ0v) is 14.1. The maximum absolute atomic E-state index is 13.5. The minimum absolute atomic E-state index is 0.0631. The predicted octanol–water partition coefficient (Wildman–Crippen LogP) is 4.04. The minimum Gasteiger partial charge on any atom is -0.318 e. The van der Waals surface area contributed by atoms with E-state index in [1.54, 1.807) is 4.57 Å². The van der Waals surface area contributed by atoms with E-state index in [1.165, 1.54) is 18.6 Å². The molecule has 0 unspecified atom stereocenters. The Morgan fingerprint density at radius 2 is 1.62 bits per heavy atom. The Kier molecular flexibility index (Phi) is 4.81. The summed E-state index contributed by atoms with van der Waals surface area (Å²) in [5.74, 6) is -1.19. The highest BCUT2D eigenvalue weighted by Crippen LogP contribution is 2.23. The monoisotopic (exact) mass is 332 g/mol. The Hall–Kier alpha value is -2.01. The van der Waals surface area contributed by atoms with Crippen LogP contribution in [0.15, 0.2) is 24.3 Å². The fraction of sp³-hybridized carbons (Fsp3) is 0.421. The molecule has 128 valence electrons. The van der Waals surface area contributed by atoms with Crippen LogP contribution in [-0.2, 0) is 0 Å². The first-order valence-electron chi connectivity index (χ1n) is 8.36. The molecule has 0 amide bonds. The Bertz CT molecular complexity index is 741. The second-order valence-electron chi connectivity index (χ2n) is 6.51. The fourth-order valence-electron chi connectivity index (χ4n) is 3.52. The number of nitrogens with zero attached hydrogens (tertiary/aromatic N) is 2. The van der Waals surface area contributed by atoms with Gasteiger partial charge in [-0.05, 0) is 58.0 Å². The van der Waals surface area contributed by atoms with Crippen molar-refractivity contribution in [2.45, 2.75) is 33.1 Å². The van der Waals surface area contributed by atoms with Crippen LogP contribution in [0, 0.1) is 25.5 Å². The molecule has 24 heavy (non-hydrogen) atoms. The lowest BCUT2D eigenvalue weighted by atomic mass is 10.1. The number of ketones is 1. The summed E-state index contributed by atoms with van der Waals surface area (Å²) in [7, 11) is 0. The molecule has 1 aromatic heterocycles. The molecule has 3 rings (SSSR count). The van der Waals surface area contributed by atoms with Crippen LogP contribution in [0.5, 0.6) is 0 Å². The van der Waals surface area contributed by atoms with E-state index in [0.717, 1.165) is 43.4 Å². The molecule has 5 heteroatoms. The van der Waals surface area contributed by atoms with Crippen molar-refractivity contribution in [1.82, 2.24) is 9.47 Å². The lowest BCUT2D eigenvalue weighted by Crippen LogP contribution is -2.34. The summed E-state index contributed by atoms with van der Waals surface area (Å²) < 4.78 is 28.8. The number of halogens is 2. The first-order chi connectivity index (χ1) is 11.5. The highest BCUT2D eigenvalue weighted by Gasteiger charge is 2.20. The van der Waals surface area contributed by atoms with E-state index in [1.807, 2.05) is 19.9 Å². The van der Waals surface area contributed by atoms with Crippen LogP contribution in [0.25, 0.3) is 5.69 Å². The largest absolute Gasteiger partial charge is 0.318 e. The van der Waals surface area contributed by atoms with E-state index >= 15 is 0 Å². The van der Waals surface area contributed by atoms with Crippen LogP contribution >= 0.6 is 0 Å². The van der Waals surface area contributed by atoms with E-state index < -0.39 is 11.6 Å². The van der Waals surface area contributed by atoms with Gasteiger partial charge in [-0.15, -0.1) is 0 Å². The molecule has 1 aliphatic heterocycles. The first kappa shape index (κ1) is 16.8. The van der Waals surface area contributed by atoms with E-state index in [-0.39, 0.29) is 5.78 Å². The first-order valence-corrected chi connectivity index (χ1v) is 8.36. The molecule has 0 saturated carbocycles. The topological polar surface area (TPSA) is 25.2 Å². The van der Waals surface area contributed by atoms with Crippen molar-refractivity contribution in [3.8, 4) is 5.69 Å². The van der Waals surface area contributed by atoms with Crippen molar-refractivity contribution >= 4 is 5.78 Å². The zero-order chi connectivity index (χ0) is 17.3. The maximum atomic E-state index is 13.5. The van der Waals surface area contributed by atoms with Gasteiger partial charge in [-0.3, -0.25) is 9.69 Å². The zero-order valence-electron chi connectivity index (χ0n) is 14.1. The van der Waals surface area contributed by atoms with Gasteiger partial charge in [0.2, 0.25) is 0 Å². The summed E-state index contributed by atoms with van der Waals surface area (Å²) in [5.41, 5.74) is 2.54. The number of Topliss-reactive ketones (excluding diaryl/α,β-unsaturated/α-hetero) is 1. The Morgan fingerprint density at radius 3 is 2.25 bits per heavy atom. The summed E-state index contributed by atoms with van der Waals surface area (Å²) in [5, 5.41) is 0. The fourth-order valence-corrected chi connectivity index (χ4v) is 3.52. The molecule has 1 aliphatic rings. The number of likely N-dealkylation sites (tertiary alicyclic amines) is 1. The minimum atomic E-state index is -0.626. The predicted molar refractivity (Wildman–Crippen MR) is 89.8 cm³/mol. The maximum Gasteiger partial charge on any atom is 0.178 e. The number of carbonyl (C=O) groups is 1. The number of aromatic nitrogens is 1. The SMILES string of the molecule is Cc1cc(C(=O)CN2CCCCC2)c(C)n1-c1cc(F)cc(F)c1. The number of hydrogen-bond acceptors (Lipinski definition) is 2. The molecule has 2 heterocycles. The highest BCUT2D eigenvalue weighted by molar-refractivity contribution is 5.99. The second-order valence-corrected chi connectivity index (χ2v) is 6.51. The van der Waals surface area contributed by atoms with Crippen LogP contribution in [0.3, 0.4) is 0 Å². The van der Waals surface area contributed by atoms with Crippen LogP contribution in [0.4, 0.5) is 8.78 Å².